The van der Waals surface area contributed by atoms with Crippen molar-refractivity contribution in [3.63, 3.8) is 0 Å². The average Bonchev–Trinajstić information content (AvgIpc) is 2.85. The number of Topliss-reactive ketones (excluding diaryl/α,β-unsaturated/α-hetero) is 2. The minimum atomic E-state index is -2.61. The molecule has 1 fully saturated rings. The number of likely N-dealkylation sites (N-methyl/N-ethyl adjacent to an activating group) is 1. The number of hydrogen-bond donors (Lipinski definition) is 7. The molecular formula is C27H33N3O9. The van der Waals surface area contributed by atoms with Crippen molar-refractivity contribution in [2.75, 3.05) is 19.4 Å². The summed E-state index contributed by atoms with van der Waals surface area (Å²) in [5.41, 5.74) is 3.02. The number of amides is 2. The van der Waals surface area contributed by atoms with Crippen LogP contribution in [0, 0.1) is 17.3 Å². The number of aliphatic hydroxyl groups is 3. The number of carbonyl (C=O) groups excluding carboxylic acids is 4. The number of anilines is 1. The molecule has 0 bridgehead atoms. The number of aromatic hydroxyl groups is 1. The summed E-state index contributed by atoms with van der Waals surface area (Å²) in [4.78, 5) is 50.6. The summed E-state index contributed by atoms with van der Waals surface area (Å²) in [5.74, 6) is -6.55. The van der Waals surface area contributed by atoms with E-state index in [-0.39, 0.29) is 60.2 Å². The van der Waals surface area contributed by atoms with Crippen LogP contribution in [0.25, 0.3) is 5.76 Å². The second kappa shape index (κ2) is 9.60. The molecule has 3 atom stereocenters. The van der Waals surface area contributed by atoms with Crippen molar-refractivity contribution in [2.45, 2.75) is 52.2 Å². The molecule has 0 saturated heterocycles. The van der Waals surface area contributed by atoms with Crippen LogP contribution in [-0.4, -0.2) is 63.2 Å². The van der Waals surface area contributed by atoms with E-state index in [4.69, 9.17) is 10.5 Å². The first-order valence-corrected chi connectivity index (χ1v) is 12.5. The summed E-state index contributed by atoms with van der Waals surface area (Å²) >= 11 is 0. The number of phenols is 1. The summed E-state index contributed by atoms with van der Waals surface area (Å²) in [6, 6.07) is 1.45. The fourth-order valence-electron chi connectivity index (χ4n) is 5.52. The zero-order valence-electron chi connectivity index (χ0n) is 22.2. The second-order valence-electron chi connectivity index (χ2n) is 11.4. The van der Waals surface area contributed by atoms with Crippen molar-refractivity contribution in [1.29, 1.82) is 0 Å². The monoisotopic (exact) mass is 543 g/mol. The van der Waals surface area contributed by atoms with Gasteiger partial charge in [-0.2, -0.15) is 0 Å². The molecule has 0 heterocycles. The normalized spacial score (nSPS) is 24.5. The van der Waals surface area contributed by atoms with Crippen LogP contribution >= 0.6 is 0 Å². The number of nitrogens with one attached hydrogen (secondary N) is 2. The van der Waals surface area contributed by atoms with E-state index in [0.717, 1.165) is 0 Å². The van der Waals surface area contributed by atoms with Crippen LogP contribution < -0.4 is 16.4 Å². The molecule has 0 radical (unpaired) electrons. The van der Waals surface area contributed by atoms with Crippen LogP contribution in [-0.2, 0) is 32.1 Å². The molecule has 0 aromatic heterocycles. The van der Waals surface area contributed by atoms with Crippen LogP contribution in [0.5, 0.6) is 5.75 Å². The Balaban J connectivity index is 1.73. The minimum absolute atomic E-state index is 0.0288. The molecule has 4 rings (SSSR count). The highest BCUT2D eigenvalue weighted by Gasteiger charge is 2.60. The van der Waals surface area contributed by atoms with Crippen molar-refractivity contribution in [2.24, 2.45) is 17.3 Å². The zero-order valence-corrected chi connectivity index (χ0v) is 22.2. The highest BCUT2D eigenvalue weighted by Crippen LogP contribution is 2.53. The van der Waals surface area contributed by atoms with E-state index in [2.05, 4.69) is 10.6 Å². The lowest BCUT2D eigenvalue weighted by atomic mass is 9.59. The molecule has 3 aliphatic rings. The topological polar surface area (TPSA) is 209 Å². The molecule has 0 spiro atoms. The number of ether oxygens (including phenoxy) is 1. The van der Waals surface area contributed by atoms with Crippen molar-refractivity contribution in [3.8, 4) is 5.75 Å². The molecule has 39 heavy (non-hydrogen) atoms. The molecule has 2 amide bonds. The first-order chi connectivity index (χ1) is 18.1. The third kappa shape index (κ3) is 4.58. The van der Waals surface area contributed by atoms with E-state index in [9.17, 15) is 39.6 Å². The number of hydrogen-bond acceptors (Lipinski definition) is 10. The average molecular weight is 544 g/mol. The van der Waals surface area contributed by atoms with Gasteiger partial charge in [0, 0.05) is 42.8 Å². The number of rotatable bonds is 4. The molecule has 0 aliphatic heterocycles. The third-order valence-electron chi connectivity index (χ3n) is 7.44. The highest BCUT2D eigenvalue weighted by atomic mass is 16.5. The predicted octanol–water partition coefficient (Wildman–Crippen LogP) is 1.54. The Bertz CT molecular complexity index is 1350. The quantitative estimate of drug-likeness (QED) is 0.165. The van der Waals surface area contributed by atoms with Crippen molar-refractivity contribution >= 4 is 35.0 Å². The van der Waals surface area contributed by atoms with Gasteiger partial charge in [0.25, 0.3) is 5.91 Å². The molecule has 3 aliphatic carbocycles. The van der Waals surface area contributed by atoms with Gasteiger partial charge in [0.2, 0.25) is 5.78 Å². The number of phenolic OH excluding ortho intramolecular Hbond substituents is 1. The van der Waals surface area contributed by atoms with Gasteiger partial charge in [0.15, 0.2) is 11.4 Å². The standard InChI is InChI=1S/C27H33N3O9/c1-26(2,3)10-39-25(37)30-9-12-7-15(28)14-6-11-5-13-8-16(31)19(24(36)29-4)23(35)27(13,38)22(34)17(11)21(33)18(14)20(12)32/h7,11,13,32-33,35,38H,5-6,8-10,28H2,1-4H3,(H,29,36)(H,30,37)/t11?,13-,27-/m0/s1. The Morgan fingerprint density at radius 2 is 1.85 bits per heavy atom. The number of benzene rings is 1. The van der Waals surface area contributed by atoms with Gasteiger partial charge in [0.1, 0.15) is 22.8 Å². The maximum atomic E-state index is 13.7. The number of nitrogen functional groups attached to an aromatic ring is 1. The number of aliphatic hydroxyl groups excluding tert-OH is 2. The van der Waals surface area contributed by atoms with Gasteiger partial charge < -0.3 is 41.5 Å². The molecule has 12 heteroatoms. The van der Waals surface area contributed by atoms with E-state index >= 15 is 0 Å². The number of ketones is 2. The van der Waals surface area contributed by atoms with Gasteiger partial charge in [-0.15, -0.1) is 0 Å². The molecule has 1 aromatic rings. The highest BCUT2D eigenvalue weighted by molar-refractivity contribution is 6.23. The minimum Gasteiger partial charge on any atom is -0.508 e. The number of alkyl carbamates (subject to hydrolysis) is 1. The summed E-state index contributed by atoms with van der Waals surface area (Å²) in [5, 5.41) is 49.2. The third-order valence-corrected chi connectivity index (χ3v) is 7.44. The maximum Gasteiger partial charge on any atom is 0.407 e. The maximum absolute atomic E-state index is 13.7. The van der Waals surface area contributed by atoms with Crippen molar-refractivity contribution in [1.82, 2.24) is 10.6 Å². The molecule has 12 nitrogen and oxygen atoms in total. The molecular weight excluding hydrogens is 510 g/mol. The predicted molar refractivity (Wildman–Crippen MR) is 138 cm³/mol. The Morgan fingerprint density at radius 1 is 1.18 bits per heavy atom. The second-order valence-corrected chi connectivity index (χ2v) is 11.4. The lowest BCUT2D eigenvalue weighted by Crippen LogP contribution is -2.58. The summed E-state index contributed by atoms with van der Waals surface area (Å²) in [6.07, 6.45) is -0.946. The van der Waals surface area contributed by atoms with Crippen LogP contribution in [0.3, 0.4) is 0 Å². The van der Waals surface area contributed by atoms with Gasteiger partial charge in [-0.3, -0.25) is 14.4 Å². The van der Waals surface area contributed by atoms with Gasteiger partial charge in [-0.1, -0.05) is 20.8 Å². The van der Waals surface area contributed by atoms with E-state index < -0.39 is 63.8 Å². The lowest BCUT2D eigenvalue weighted by Gasteiger charge is -2.46. The first-order valence-electron chi connectivity index (χ1n) is 12.5. The molecule has 1 aromatic carbocycles. The van der Waals surface area contributed by atoms with Gasteiger partial charge in [-0.25, -0.2) is 4.79 Å². The fraction of sp³-hybridized carbons (Fsp3) is 0.481. The summed E-state index contributed by atoms with van der Waals surface area (Å²) in [7, 11) is 1.24. The zero-order chi connectivity index (χ0) is 29.0. The molecule has 1 saturated carbocycles. The van der Waals surface area contributed by atoms with Gasteiger partial charge in [0.05, 0.1) is 12.2 Å². The number of nitrogens with two attached hydrogens (primary N) is 1. The molecule has 1 unspecified atom stereocenters. The van der Waals surface area contributed by atoms with Crippen LogP contribution in [0.4, 0.5) is 10.5 Å². The van der Waals surface area contributed by atoms with Crippen LogP contribution in [0.2, 0.25) is 0 Å². The van der Waals surface area contributed by atoms with E-state index in [1.165, 1.54) is 13.1 Å². The largest absolute Gasteiger partial charge is 0.508 e. The van der Waals surface area contributed by atoms with Crippen LogP contribution in [0.15, 0.2) is 23.0 Å². The van der Waals surface area contributed by atoms with E-state index in [0.29, 0.717) is 5.56 Å². The van der Waals surface area contributed by atoms with E-state index in [1.54, 1.807) is 0 Å². The molecule has 8 N–H and O–H groups in total. The summed E-state index contributed by atoms with van der Waals surface area (Å²) in [6.45, 7) is 5.65. The van der Waals surface area contributed by atoms with Gasteiger partial charge >= 0.3 is 6.09 Å². The Kier molecular flexibility index (Phi) is 6.88. The SMILES string of the molecule is CNC(=O)C1=C(O)[C@@]2(O)C(=O)C3=C(O)c4c(O)c(CNC(=O)OCC(C)(C)C)cc(N)c4CC3C[C@H]2CC1=O. The van der Waals surface area contributed by atoms with Gasteiger partial charge in [-0.05, 0) is 35.8 Å². The fourth-order valence-corrected chi connectivity index (χ4v) is 5.52. The van der Waals surface area contributed by atoms with E-state index in [1.807, 2.05) is 20.8 Å². The molecule has 210 valence electrons. The lowest BCUT2D eigenvalue weighted by molar-refractivity contribution is -0.147. The Morgan fingerprint density at radius 3 is 2.46 bits per heavy atom. The summed E-state index contributed by atoms with van der Waals surface area (Å²) < 4.78 is 5.15. The first kappa shape index (κ1) is 28.0. The number of fused-ring (bicyclic) bond motifs is 3. The van der Waals surface area contributed by atoms with Crippen molar-refractivity contribution < 1.29 is 44.3 Å². The smallest absolute Gasteiger partial charge is 0.407 e. The number of carbonyl (C=O) groups is 4. The van der Waals surface area contributed by atoms with Crippen LogP contribution in [0.1, 0.15) is 50.3 Å². The Hall–Kier alpha value is -4.06. The van der Waals surface area contributed by atoms with Crippen molar-refractivity contribution in [3.05, 3.63) is 39.7 Å². The Labute approximate surface area is 224 Å².